The molecule has 1 aliphatic carbocycles. The number of hydrogen-bond acceptors (Lipinski definition) is 3. The number of nitrogens with one attached hydrogen (secondary N) is 2. The van der Waals surface area contributed by atoms with Crippen molar-refractivity contribution in [2.24, 2.45) is 11.3 Å². The Kier molecular flexibility index (Phi) is 5.92. The van der Waals surface area contributed by atoms with Gasteiger partial charge in [0, 0.05) is 32.7 Å². The molecule has 1 saturated carbocycles. The van der Waals surface area contributed by atoms with Crippen LogP contribution < -0.4 is 10.6 Å². The Hall–Kier alpha value is -0.610. The normalized spacial score (nSPS) is 18.8. The number of ether oxygens (including phenoxy) is 1. The van der Waals surface area contributed by atoms with Gasteiger partial charge in [-0.3, -0.25) is 4.79 Å². The highest BCUT2D eigenvalue weighted by atomic mass is 16.5. The van der Waals surface area contributed by atoms with Crippen LogP contribution in [0, 0.1) is 11.3 Å². The highest BCUT2D eigenvalue weighted by Crippen LogP contribution is 2.48. The molecule has 0 aromatic rings. The van der Waals surface area contributed by atoms with E-state index in [-0.39, 0.29) is 11.8 Å². The maximum atomic E-state index is 11.8. The molecule has 0 aromatic heterocycles. The number of carbonyl (C=O) groups is 1. The van der Waals surface area contributed by atoms with Gasteiger partial charge in [-0.05, 0) is 31.2 Å². The third-order valence-electron chi connectivity index (χ3n) is 3.58. The highest BCUT2D eigenvalue weighted by Gasteiger charge is 2.42. The van der Waals surface area contributed by atoms with Crippen LogP contribution in [0.5, 0.6) is 0 Å². The summed E-state index contributed by atoms with van der Waals surface area (Å²) in [5.74, 6) is 0.211. The van der Waals surface area contributed by atoms with Crippen molar-refractivity contribution in [3.05, 3.63) is 0 Å². The molecule has 0 saturated heterocycles. The lowest BCUT2D eigenvalue weighted by molar-refractivity contribution is -0.124. The van der Waals surface area contributed by atoms with E-state index in [2.05, 4.69) is 17.6 Å². The van der Waals surface area contributed by atoms with Gasteiger partial charge in [0.25, 0.3) is 0 Å². The molecular formula is C13H26N2O2. The van der Waals surface area contributed by atoms with Crippen molar-refractivity contribution in [1.29, 1.82) is 0 Å². The van der Waals surface area contributed by atoms with Crippen LogP contribution in [0.1, 0.15) is 33.1 Å². The van der Waals surface area contributed by atoms with Crippen molar-refractivity contribution in [3.63, 3.8) is 0 Å². The maximum absolute atomic E-state index is 11.8. The average Bonchev–Trinajstić information content (AvgIpc) is 3.11. The van der Waals surface area contributed by atoms with Gasteiger partial charge < -0.3 is 15.4 Å². The van der Waals surface area contributed by atoms with E-state index in [9.17, 15) is 4.79 Å². The van der Waals surface area contributed by atoms with Gasteiger partial charge in [-0.2, -0.15) is 0 Å². The van der Waals surface area contributed by atoms with Crippen LogP contribution in [0.3, 0.4) is 0 Å². The standard InChI is InChI=1S/C13H26N2O2/c1-4-14-9-11(2)12(16)15-10-13(5-6-13)7-8-17-3/h11,14H,4-10H2,1-3H3,(H,15,16). The minimum atomic E-state index is 0.0492. The molecular weight excluding hydrogens is 216 g/mol. The first-order valence-electron chi connectivity index (χ1n) is 6.61. The molecule has 100 valence electrons. The molecule has 0 radical (unpaired) electrons. The van der Waals surface area contributed by atoms with Crippen LogP contribution in [-0.4, -0.2) is 39.3 Å². The monoisotopic (exact) mass is 242 g/mol. The van der Waals surface area contributed by atoms with Gasteiger partial charge in [0.15, 0.2) is 0 Å². The summed E-state index contributed by atoms with van der Waals surface area (Å²) in [5, 5.41) is 6.26. The van der Waals surface area contributed by atoms with E-state index in [0.717, 1.165) is 32.7 Å². The van der Waals surface area contributed by atoms with E-state index in [0.29, 0.717) is 5.41 Å². The van der Waals surface area contributed by atoms with Crippen LogP contribution >= 0.6 is 0 Å². The van der Waals surface area contributed by atoms with E-state index in [4.69, 9.17) is 4.74 Å². The van der Waals surface area contributed by atoms with Crippen molar-refractivity contribution in [3.8, 4) is 0 Å². The predicted octanol–water partition coefficient (Wildman–Crippen LogP) is 1.16. The van der Waals surface area contributed by atoms with Gasteiger partial charge in [-0.25, -0.2) is 0 Å². The smallest absolute Gasteiger partial charge is 0.224 e. The number of carbonyl (C=O) groups excluding carboxylic acids is 1. The van der Waals surface area contributed by atoms with Gasteiger partial charge in [0.05, 0.1) is 0 Å². The molecule has 1 amide bonds. The fourth-order valence-corrected chi connectivity index (χ4v) is 1.91. The van der Waals surface area contributed by atoms with Crippen molar-refractivity contribution in [1.82, 2.24) is 10.6 Å². The molecule has 0 bridgehead atoms. The predicted molar refractivity (Wildman–Crippen MR) is 68.9 cm³/mol. The summed E-state index contributed by atoms with van der Waals surface area (Å²) in [6.45, 7) is 7.29. The fraction of sp³-hybridized carbons (Fsp3) is 0.923. The summed E-state index contributed by atoms with van der Waals surface area (Å²) < 4.78 is 5.10. The molecule has 1 aliphatic rings. The van der Waals surface area contributed by atoms with E-state index in [1.165, 1.54) is 12.8 Å². The zero-order valence-electron chi connectivity index (χ0n) is 11.3. The second-order valence-corrected chi connectivity index (χ2v) is 5.17. The number of amides is 1. The summed E-state index contributed by atoms with van der Waals surface area (Å²) in [6, 6.07) is 0. The Morgan fingerprint density at radius 1 is 1.47 bits per heavy atom. The van der Waals surface area contributed by atoms with Gasteiger partial charge in [0.2, 0.25) is 5.91 Å². The Morgan fingerprint density at radius 2 is 2.18 bits per heavy atom. The highest BCUT2D eigenvalue weighted by molar-refractivity contribution is 5.78. The first-order valence-corrected chi connectivity index (χ1v) is 6.61. The topological polar surface area (TPSA) is 50.4 Å². The molecule has 0 spiro atoms. The fourth-order valence-electron chi connectivity index (χ4n) is 1.91. The van der Waals surface area contributed by atoms with Crippen LogP contribution in [0.2, 0.25) is 0 Å². The third-order valence-corrected chi connectivity index (χ3v) is 3.58. The van der Waals surface area contributed by atoms with Crippen molar-refractivity contribution < 1.29 is 9.53 Å². The zero-order valence-corrected chi connectivity index (χ0v) is 11.3. The molecule has 4 nitrogen and oxygen atoms in total. The Labute approximate surface area is 104 Å². The number of hydrogen-bond donors (Lipinski definition) is 2. The van der Waals surface area contributed by atoms with Crippen molar-refractivity contribution in [2.45, 2.75) is 33.1 Å². The summed E-state index contributed by atoms with van der Waals surface area (Å²) in [5.41, 5.74) is 0.337. The van der Waals surface area contributed by atoms with Crippen molar-refractivity contribution in [2.75, 3.05) is 33.4 Å². The Balaban J connectivity index is 2.18. The summed E-state index contributed by atoms with van der Waals surface area (Å²) >= 11 is 0. The van der Waals surface area contributed by atoms with E-state index < -0.39 is 0 Å². The van der Waals surface area contributed by atoms with Crippen LogP contribution in [-0.2, 0) is 9.53 Å². The van der Waals surface area contributed by atoms with E-state index >= 15 is 0 Å². The third kappa shape index (κ3) is 5.04. The molecule has 4 heteroatoms. The largest absolute Gasteiger partial charge is 0.385 e. The molecule has 1 atom stereocenters. The lowest BCUT2D eigenvalue weighted by atomic mass is 10.0. The van der Waals surface area contributed by atoms with Gasteiger partial charge in [-0.1, -0.05) is 13.8 Å². The van der Waals surface area contributed by atoms with Gasteiger partial charge in [-0.15, -0.1) is 0 Å². The molecule has 1 fully saturated rings. The van der Waals surface area contributed by atoms with Crippen molar-refractivity contribution >= 4 is 5.91 Å². The quantitative estimate of drug-likeness (QED) is 0.638. The SMILES string of the molecule is CCNCC(C)C(=O)NCC1(CCOC)CC1. The first-order chi connectivity index (χ1) is 8.13. The minimum Gasteiger partial charge on any atom is -0.385 e. The maximum Gasteiger partial charge on any atom is 0.224 e. The molecule has 0 aliphatic heterocycles. The molecule has 0 heterocycles. The Morgan fingerprint density at radius 3 is 2.71 bits per heavy atom. The number of methoxy groups -OCH3 is 1. The minimum absolute atomic E-state index is 0.0492. The molecule has 1 unspecified atom stereocenters. The second kappa shape index (κ2) is 6.97. The summed E-state index contributed by atoms with van der Waals surface area (Å²) in [4.78, 5) is 11.8. The molecule has 0 aromatic carbocycles. The second-order valence-electron chi connectivity index (χ2n) is 5.17. The van der Waals surface area contributed by atoms with E-state index in [1.807, 2.05) is 6.92 Å². The lowest BCUT2D eigenvalue weighted by Gasteiger charge is -2.18. The Bertz CT molecular complexity index is 240. The van der Waals surface area contributed by atoms with Gasteiger partial charge in [0.1, 0.15) is 0 Å². The van der Waals surface area contributed by atoms with Crippen LogP contribution in [0.25, 0.3) is 0 Å². The molecule has 1 rings (SSSR count). The van der Waals surface area contributed by atoms with Gasteiger partial charge >= 0.3 is 0 Å². The average molecular weight is 242 g/mol. The first kappa shape index (κ1) is 14.5. The molecule has 17 heavy (non-hydrogen) atoms. The van der Waals surface area contributed by atoms with Crippen LogP contribution in [0.4, 0.5) is 0 Å². The number of rotatable bonds is 9. The summed E-state index contributed by atoms with van der Waals surface area (Å²) in [6.07, 6.45) is 3.50. The lowest BCUT2D eigenvalue weighted by Crippen LogP contribution is -2.38. The molecule has 2 N–H and O–H groups in total. The van der Waals surface area contributed by atoms with E-state index in [1.54, 1.807) is 7.11 Å². The van der Waals surface area contributed by atoms with Crippen LogP contribution in [0.15, 0.2) is 0 Å². The summed E-state index contributed by atoms with van der Waals surface area (Å²) in [7, 11) is 1.73. The zero-order chi connectivity index (χ0) is 12.7.